The Bertz CT molecular complexity index is 656. The van der Waals surface area contributed by atoms with Crippen LogP contribution in [-0.4, -0.2) is 68.7 Å². The highest BCUT2D eigenvalue weighted by Gasteiger charge is 2.24. The molecular weight excluding hydrogens is 339 g/mol. The molecule has 1 aromatic rings. The number of piperazine rings is 1. The first-order chi connectivity index (χ1) is 12.5. The van der Waals surface area contributed by atoms with Crippen molar-refractivity contribution in [3.05, 3.63) is 29.6 Å². The standard InChI is InChI=1S/C18H25FN4O3/c19-13-3-4-16(15(10-13)18(20)25)22-5-7-23(8-6-22)17(24)12-21-11-14-2-1-9-26-14/h3-4,10,14,21H,1-2,5-9,11-12H2,(H2,20,25). The minimum absolute atomic E-state index is 0.0527. The molecule has 0 bridgehead atoms. The first-order valence-corrected chi connectivity index (χ1v) is 8.99. The minimum atomic E-state index is -0.656. The molecule has 26 heavy (non-hydrogen) atoms. The molecular formula is C18H25FN4O3. The number of hydrogen-bond donors (Lipinski definition) is 2. The Hall–Kier alpha value is -2.19. The quantitative estimate of drug-likeness (QED) is 0.760. The van der Waals surface area contributed by atoms with Gasteiger partial charge in [0.2, 0.25) is 5.91 Å². The lowest BCUT2D eigenvalue weighted by Crippen LogP contribution is -2.51. The van der Waals surface area contributed by atoms with Crippen molar-refractivity contribution < 1.29 is 18.7 Å². The van der Waals surface area contributed by atoms with Gasteiger partial charge in [-0.2, -0.15) is 0 Å². The second-order valence-corrected chi connectivity index (χ2v) is 6.66. The number of ether oxygens (including phenoxy) is 1. The molecule has 0 spiro atoms. The van der Waals surface area contributed by atoms with Crippen molar-refractivity contribution in [2.75, 3.05) is 50.8 Å². The third kappa shape index (κ3) is 4.50. The van der Waals surface area contributed by atoms with Crippen molar-refractivity contribution in [2.45, 2.75) is 18.9 Å². The highest BCUT2D eigenvalue weighted by Crippen LogP contribution is 2.23. The molecule has 0 aromatic heterocycles. The highest BCUT2D eigenvalue weighted by atomic mass is 19.1. The summed E-state index contributed by atoms with van der Waals surface area (Å²) in [5.41, 5.74) is 6.14. The summed E-state index contributed by atoms with van der Waals surface area (Å²) in [5, 5.41) is 3.16. The van der Waals surface area contributed by atoms with Gasteiger partial charge < -0.3 is 25.6 Å². The van der Waals surface area contributed by atoms with Crippen LogP contribution in [0.5, 0.6) is 0 Å². The van der Waals surface area contributed by atoms with Gasteiger partial charge in [-0.25, -0.2) is 4.39 Å². The lowest BCUT2D eigenvalue weighted by molar-refractivity contribution is -0.130. The lowest BCUT2D eigenvalue weighted by Gasteiger charge is -2.36. The van der Waals surface area contributed by atoms with E-state index < -0.39 is 11.7 Å². The van der Waals surface area contributed by atoms with Gasteiger partial charge in [0.1, 0.15) is 5.82 Å². The fraction of sp³-hybridized carbons (Fsp3) is 0.556. The molecule has 1 atom stereocenters. The van der Waals surface area contributed by atoms with E-state index in [0.717, 1.165) is 25.5 Å². The number of carbonyl (C=O) groups excluding carboxylic acids is 2. The predicted molar refractivity (Wildman–Crippen MR) is 95.6 cm³/mol. The number of amides is 2. The van der Waals surface area contributed by atoms with Crippen molar-refractivity contribution in [2.24, 2.45) is 5.73 Å². The first kappa shape index (κ1) is 18.6. The summed E-state index contributed by atoms with van der Waals surface area (Å²) in [6.45, 7) is 4.05. The number of benzene rings is 1. The molecule has 3 N–H and O–H groups in total. The van der Waals surface area contributed by atoms with Crippen LogP contribution in [0.25, 0.3) is 0 Å². The van der Waals surface area contributed by atoms with Gasteiger partial charge in [-0.3, -0.25) is 9.59 Å². The van der Waals surface area contributed by atoms with Crippen molar-refractivity contribution in [3.63, 3.8) is 0 Å². The molecule has 2 aliphatic rings. The van der Waals surface area contributed by atoms with Gasteiger partial charge in [-0.05, 0) is 31.0 Å². The van der Waals surface area contributed by atoms with Crippen LogP contribution in [0, 0.1) is 5.82 Å². The smallest absolute Gasteiger partial charge is 0.250 e. The Morgan fingerprint density at radius 1 is 1.27 bits per heavy atom. The summed E-state index contributed by atoms with van der Waals surface area (Å²) in [5.74, 6) is -1.10. The van der Waals surface area contributed by atoms with Crippen molar-refractivity contribution in [3.8, 4) is 0 Å². The molecule has 2 heterocycles. The zero-order valence-electron chi connectivity index (χ0n) is 14.7. The van der Waals surface area contributed by atoms with Crippen LogP contribution in [0.1, 0.15) is 23.2 Å². The molecule has 7 nitrogen and oxygen atoms in total. The Morgan fingerprint density at radius 3 is 2.69 bits per heavy atom. The molecule has 2 aliphatic heterocycles. The fourth-order valence-electron chi connectivity index (χ4n) is 3.44. The lowest BCUT2D eigenvalue weighted by atomic mass is 10.1. The molecule has 2 amide bonds. The van der Waals surface area contributed by atoms with Gasteiger partial charge in [-0.15, -0.1) is 0 Å². The van der Waals surface area contributed by atoms with Gasteiger partial charge in [0.15, 0.2) is 0 Å². The summed E-state index contributed by atoms with van der Waals surface area (Å²) in [6.07, 6.45) is 2.34. The number of nitrogens with two attached hydrogens (primary N) is 1. The topological polar surface area (TPSA) is 87.9 Å². The third-order valence-electron chi connectivity index (χ3n) is 4.87. The van der Waals surface area contributed by atoms with Crippen LogP contribution in [-0.2, 0) is 9.53 Å². The SMILES string of the molecule is NC(=O)c1cc(F)ccc1N1CCN(C(=O)CNCC2CCCO2)CC1. The van der Waals surface area contributed by atoms with Gasteiger partial charge in [0, 0.05) is 45.0 Å². The molecule has 2 saturated heterocycles. The summed E-state index contributed by atoms with van der Waals surface area (Å²) in [4.78, 5) is 27.6. The molecule has 2 fully saturated rings. The van der Waals surface area contributed by atoms with Crippen LogP contribution < -0.4 is 16.0 Å². The van der Waals surface area contributed by atoms with Gasteiger partial charge in [-0.1, -0.05) is 0 Å². The van der Waals surface area contributed by atoms with E-state index in [0.29, 0.717) is 45.0 Å². The van der Waals surface area contributed by atoms with E-state index in [4.69, 9.17) is 10.5 Å². The second kappa shape index (κ2) is 8.46. The maximum Gasteiger partial charge on any atom is 0.250 e. The van der Waals surface area contributed by atoms with Crippen molar-refractivity contribution >= 4 is 17.5 Å². The van der Waals surface area contributed by atoms with Gasteiger partial charge >= 0.3 is 0 Å². The number of anilines is 1. The van der Waals surface area contributed by atoms with E-state index in [1.807, 2.05) is 4.90 Å². The Balaban J connectivity index is 1.49. The van der Waals surface area contributed by atoms with Gasteiger partial charge in [0.05, 0.1) is 18.2 Å². The molecule has 1 unspecified atom stereocenters. The summed E-state index contributed by atoms with van der Waals surface area (Å²) >= 11 is 0. The van der Waals surface area contributed by atoms with Crippen molar-refractivity contribution in [1.29, 1.82) is 0 Å². The highest BCUT2D eigenvalue weighted by molar-refractivity contribution is 5.98. The molecule has 0 saturated carbocycles. The zero-order chi connectivity index (χ0) is 18.5. The third-order valence-corrected chi connectivity index (χ3v) is 4.87. The fourth-order valence-corrected chi connectivity index (χ4v) is 3.44. The molecule has 3 rings (SSSR count). The predicted octanol–water partition coefficient (Wildman–Crippen LogP) is 0.342. The molecule has 1 aromatic carbocycles. The minimum Gasteiger partial charge on any atom is -0.377 e. The number of hydrogen-bond acceptors (Lipinski definition) is 5. The Kier molecular flexibility index (Phi) is 6.05. The number of halogens is 1. The zero-order valence-corrected chi connectivity index (χ0v) is 14.7. The maximum atomic E-state index is 13.4. The van der Waals surface area contributed by atoms with E-state index in [-0.39, 0.29) is 17.6 Å². The number of rotatable bonds is 6. The van der Waals surface area contributed by atoms with Crippen LogP contribution >= 0.6 is 0 Å². The van der Waals surface area contributed by atoms with E-state index in [2.05, 4.69) is 5.32 Å². The maximum absolute atomic E-state index is 13.4. The Morgan fingerprint density at radius 2 is 2.04 bits per heavy atom. The van der Waals surface area contributed by atoms with E-state index in [1.165, 1.54) is 6.07 Å². The van der Waals surface area contributed by atoms with Crippen LogP contribution in [0.4, 0.5) is 10.1 Å². The largest absolute Gasteiger partial charge is 0.377 e. The Labute approximate surface area is 152 Å². The van der Waals surface area contributed by atoms with Crippen molar-refractivity contribution in [1.82, 2.24) is 10.2 Å². The van der Waals surface area contributed by atoms with Crippen LogP contribution in [0.3, 0.4) is 0 Å². The summed E-state index contributed by atoms with van der Waals surface area (Å²) in [7, 11) is 0. The summed E-state index contributed by atoms with van der Waals surface area (Å²) < 4.78 is 18.9. The molecule has 8 heteroatoms. The average Bonchev–Trinajstić information content (AvgIpc) is 3.15. The molecule has 0 radical (unpaired) electrons. The number of carbonyl (C=O) groups is 2. The van der Waals surface area contributed by atoms with E-state index >= 15 is 0 Å². The van der Waals surface area contributed by atoms with Crippen LogP contribution in [0.2, 0.25) is 0 Å². The second-order valence-electron chi connectivity index (χ2n) is 6.66. The van der Waals surface area contributed by atoms with E-state index in [9.17, 15) is 14.0 Å². The number of nitrogens with zero attached hydrogens (tertiary/aromatic N) is 2. The molecule has 0 aliphatic carbocycles. The normalized spacial score (nSPS) is 20.4. The monoisotopic (exact) mass is 364 g/mol. The summed E-state index contributed by atoms with van der Waals surface area (Å²) in [6, 6.07) is 4.04. The van der Waals surface area contributed by atoms with E-state index in [1.54, 1.807) is 11.0 Å². The first-order valence-electron chi connectivity index (χ1n) is 8.99. The molecule has 142 valence electrons. The van der Waals surface area contributed by atoms with Crippen LogP contribution in [0.15, 0.2) is 18.2 Å². The number of primary amides is 1. The average molecular weight is 364 g/mol. The van der Waals surface area contributed by atoms with Gasteiger partial charge in [0.25, 0.3) is 5.91 Å². The number of nitrogens with one attached hydrogen (secondary N) is 1.